The number of hydrogen-bond acceptors (Lipinski definition) is 4. The van der Waals surface area contributed by atoms with E-state index in [2.05, 4.69) is 0 Å². The lowest BCUT2D eigenvalue weighted by Crippen LogP contribution is -2.39. The van der Waals surface area contributed by atoms with E-state index >= 15 is 0 Å². The summed E-state index contributed by atoms with van der Waals surface area (Å²) in [6, 6.07) is 0. The Bertz CT molecular complexity index is 275. The molecule has 96 valence electrons. The number of carbonyl (C=O) groups excluding carboxylic acids is 1. The highest BCUT2D eigenvalue weighted by molar-refractivity contribution is 5.50. The van der Waals surface area contributed by atoms with E-state index in [1.165, 1.54) is 6.42 Å². The molecule has 3 fully saturated rings. The molecule has 17 heavy (non-hydrogen) atoms. The Balaban J connectivity index is 1.61. The summed E-state index contributed by atoms with van der Waals surface area (Å²) in [6.45, 7) is 0.796. The summed E-state index contributed by atoms with van der Waals surface area (Å²) in [5, 5.41) is 0. The van der Waals surface area contributed by atoms with Crippen LogP contribution >= 0.6 is 0 Å². The lowest BCUT2D eigenvalue weighted by atomic mass is 9.84. The molecule has 4 heteroatoms. The van der Waals surface area contributed by atoms with Crippen LogP contribution in [0.2, 0.25) is 0 Å². The van der Waals surface area contributed by atoms with Crippen molar-refractivity contribution in [1.29, 1.82) is 0 Å². The van der Waals surface area contributed by atoms with Crippen molar-refractivity contribution in [3.05, 3.63) is 0 Å². The molecule has 4 nitrogen and oxygen atoms in total. The zero-order valence-corrected chi connectivity index (χ0v) is 10.0. The van der Waals surface area contributed by atoms with Gasteiger partial charge in [-0.2, -0.15) is 0 Å². The maximum atomic E-state index is 10.7. The highest BCUT2D eigenvalue weighted by Crippen LogP contribution is 2.42. The Kier molecular flexibility index (Phi) is 3.45. The second-order valence-electron chi connectivity index (χ2n) is 5.25. The van der Waals surface area contributed by atoms with E-state index in [0.29, 0.717) is 6.42 Å². The fourth-order valence-corrected chi connectivity index (χ4v) is 3.31. The molecule has 0 spiro atoms. The zero-order valence-electron chi connectivity index (χ0n) is 10.0. The number of carbonyl (C=O) groups is 1. The van der Waals surface area contributed by atoms with E-state index < -0.39 is 0 Å². The Labute approximate surface area is 102 Å². The minimum atomic E-state index is -0.0779. The molecule has 3 aliphatic rings. The summed E-state index contributed by atoms with van der Waals surface area (Å²) in [5.74, 6) is 0.247. The molecule has 3 heterocycles. The van der Waals surface area contributed by atoms with Gasteiger partial charge in [-0.25, -0.2) is 0 Å². The van der Waals surface area contributed by atoms with Crippen LogP contribution in [0.4, 0.5) is 0 Å². The van der Waals surface area contributed by atoms with Crippen LogP contribution in [0.25, 0.3) is 0 Å². The monoisotopic (exact) mass is 240 g/mol. The predicted molar refractivity (Wildman–Crippen MR) is 60.5 cm³/mol. The highest BCUT2D eigenvalue weighted by Gasteiger charge is 2.50. The van der Waals surface area contributed by atoms with Gasteiger partial charge < -0.3 is 19.0 Å². The summed E-state index contributed by atoms with van der Waals surface area (Å²) in [5.41, 5.74) is 0. The van der Waals surface area contributed by atoms with Crippen LogP contribution in [-0.2, 0) is 19.0 Å². The van der Waals surface area contributed by atoms with Crippen molar-refractivity contribution in [1.82, 2.24) is 0 Å². The maximum Gasteiger partial charge on any atom is 0.158 e. The number of ether oxygens (including phenoxy) is 3. The van der Waals surface area contributed by atoms with Crippen molar-refractivity contribution >= 4 is 6.29 Å². The molecule has 3 aliphatic heterocycles. The van der Waals surface area contributed by atoms with Crippen molar-refractivity contribution < 1.29 is 19.0 Å². The zero-order chi connectivity index (χ0) is 11.7. The molecule has 0 radical (unpaired) electrons. The standard InChI is InChI=1S/C13H20O4/c14-7-6-9-10-4-5-11(16-10)13(9)17-12-3-1-2-8-15-12/h7,9-13H,1-6,8H2/t9-,10+,11-,12?,13-/m1/s1. The SMILES string of the molecule is O=CC[C@H]1[C@@H](OC2CCCCO2)[C@H]2CC[C@@H]1O2. The summed E-state index contributed by atoms with van der Waals surface area (Å²) in [6.07, 6.45) is 7.39. The first-order chi connectivity index (χ1) is 8.38. The van der Waals surface area contributed by atoms with E-state index in [1.54, 1.807) is 0 Å². The van der Waals surface area contributed by atoms with Gasteiger partial charge in [0, 0.05) is 18.9 Å². The molecule has 0 saturated carbocycles. The molecule has 0 aromatic rings. The molecule has 3 rings (SSSR count). The average molecular weight is 240 g/mol. The molecular weight excluding hydrogens is 220 g/mol. The minimum absolute atomic E-state index is 0.0713. The normalized spacial score (nSPS) is 45.1. The van der Waals surface area contributed by atoms with Crippen LogP contribution in [0.3, 0.4) is 0 Å². The van der Waals surface area contributed by atoms with Gasteiger partial charge in [0.2, 0.25) is 0 Å². The molecule has 0 aromatic carbocycles. The van der Waals surface area contributed by atoms with Gasteiger partial charge in [-0.3, -0.25) is 0 Å². The first kappa shape index (κ1) is 11.6. The summed E-state index contributed by atoms with van der Waals surface area (Å²) >= 11 is 0. The number of aldehydes is 1. The van der Waals surface area contributed by atoms with Crippen molar-refractivity contribution in [2.75, 3.05) is 6.61 Å². The topological polar surface area (TPSA) is 44.8 Å². The second kappa shape index (κ2) is 5.04. The Morgan fingerprint density at radius 3 is 2.82 bits per heavy atom. The van der Waals surface area contributed by atoms with Gasteiger partial charge >= 0.3 is 0 Å². The van der Waals surface area contributed by atoms with Crippen molar-refractivity contribution in [2.24, 2.45) is 5.92 Å². The van der Waals surface area contributed by atoms with Crippen LogP contribution in [0.1, 0.15) is 38.5 Å². The van der Waals surface area contributed by atoms with Gasteiger partial charge in [-0.1, -0.05) is 0 Å². The van der Waals surface area contributed by atoms with Gasteiger partial charge in [0.15, 0.2) is 6.29 Å². The molecule has 5 atom stereocenters. The lowest BCUT2D eigenvalue weighted by molar-refractivity contribution is -0.203. The minimum Gasteiger partial charge on any atom is -0.372 e. The van der Waals surface area contributed by atoms with Gasteiger partial charge in [0.05, 0.1) is 18.3 Å². The third-order valence-electron chi connectivity index (χ3n) is 4.17. The van der Waals surface area contributed by atoms with Crippen LogP contribution in [0.15, 0.2) is 0 Å². The molecule has 0 amide bonds. The van der Waals surface area contributed by atoms with Crippen LogP contribution in [-0.4, -0.2) is 37.5 Å². The third-order valence-corrected chi connectivity index (χ3v) is 4.17. The number of hydrogen-bond donors (Lipinski definition) is 0. The van der Waals surface area contributed by atoms with Crippen molar-refractivity contribution in [2.45, 2.75) is 63.1 Å². The molecule has 2 bridgehead atoms. The summed E-state index contributed by atoms with van der Waals surface area (Å²) in [4.78, 5) is 10.7. The molecule has 0 aliphatic carbocycles. The molecule has 3 saturated heterocycles. The lowest BCUT2D eigenvalue weighted by Gasteiger charge is -2.32. The first-order valence-electron chi connectivity index (χ1n) is 6.74. The fourth-order valence-electron chi connectivity index (χ4n) is 3.31. The highest BCUT2D eigenvalue weighted by atomic mass is 16.7. The van der Waals surface area contributed by atoms with Crippen LogP contribution in [0, 0.1) is 5.92 Å². The maximum absolute atomic E-state index is 10.7. The van der Waals surface area contributed by atoms with Gasteiger partial charge in [0.25, 0.3) is 0 Å². The second-order valence-corrected chi connectivity index (χ2v) is 5.25. The van der Waals surface area contributed by atoms with E-state index in [0.717, 1.165) is 38.6 Å². The largest absolute Gasteiger partial charge is 0.372 e. The van der Waals surface area contributed by atoms with Crippen LogP contribution in [0.5, 0.6) is 0 Å². The molecule has 0 N–H and O–H groups in total. The fraction of sp³-hybridized carbons (Fsp3) is 0.923. The van der Waals surface area contributed by atoms with Crippen LogP contribution < -0.4 is 0 Å². The molecule has 1 unspecified atom stereocenters. The van der Waals surface area contributed by atoms with E-state index in [9.17, 15) is 4.79 Å². The quantitative estimate of drug-likeness (QED) is 0.701. The van der Waals surface area contributed by atoms with E-state index in [-0.39, 0.29) is 30.5 Å². The molecule has 0 aromatic heterocycles. The Hall–Kier alpha value is -0.450. The smallest absolute Gasteiger partial charge is 0.158 e. The average Bonchev–Trinajstić information content (AvgIpc) is 2.94. The first-order valence-corrected chi connectivity index (χ1v) is 6.74. The van der Waals surface area contributed by atoms with Crippen molar-refractivity contribution in [3.8, 4) is 0 Å². The number of rotatable bonds is 4. The van der Waals surface area contributed by atoms with E-state index in [1.807, 2.05) is 0 Å². The van der Waals surface area contributed by atoms with Gasteiger partial charge in [-0.15, -0.1) is 0 Å². The molecular formula is C13H20O4. The Morgan fingerprint density at radius 1 is 1.18 bits per heavy atom. The Morgan fingerprint density at radius 2 is 2.06 bits per heavy atom. The summed E-state index contributed by atoms with van der Waals surface area (Å²) in [7, 11) is 0. The van der Waals surface area contributed by atoms with Crippen molar-refractivity contribution in [3.63, 3.8) is 0 Å². The van der Waals surface area contributed by atoms with Gasteiger partial charge in [0.1, 0.15) is 6.29 Å². The van der Waals surface area contributed by atoms with Gasteiger partial charge in [-0.05, 0) is 32.1 Å². The number of fused-ring (bicyclic) bond motifs is 2. The third kappa shape index (κ3) is 2.26. The summed E-state index contributed by atoms with van der Waals surface area (Å²) < 4.78 is 17.5. The van der Waals surface area contributed by atoms with E-state index in [4.69, 9.17) is 14.2 Å². The predicted octanol–water partition coefficient (Wildman–Crippen LogP) is 1.66.